The van der Waals surface area contributed by atoms with Crippen LogP contribution >= 0.6 is 0 Å². The second kappa shape index (κ2) is 6.29. The first-order chi connectivity index (χ1) is 10.7. The highest BCUT2D eigenvalue weighted by atomic mass is 32.2. The number of rotatable bonds is 5. The van der Waals surface area contributed by atoms with Gasteiger partial charge in [-0.2, -0.15) is 0 Å². The summed E-state index contributed by atoms with van der Waals surface area (Å²) in [6, 6.07) is 8.88. The fraction of sp³-hybridized carbons (Fsp3) is 0.200. The molecule has 0 aliphatic carbocycles. The van der Waals surface area contributed by atoms with Gasteiger partial charge in [0.1, 0.15) is 5.82 Å². The number of benzene rings is 2. The predicted molar refractivity (Wildman–Crippen MR) is 86.1 cm³/mol. The molecule has 124 valence electrons. The molecular weight excluding hydrogens is 341 g/mol. The number of sulfone groups is 1. The van der Waals surface area contributed by atoms with E-state index >= 15 is 0 Å². The Morgan fingerprint density at radius 2 is 1.52 bits per heavy atom. The summed E-state index contributed by atoms with van der Waals surface area (Å²) in [7, 11) is -7.41. The molecule has 0 aliphatic rings. The number of hydrogen-bond donors (Lipinski definition) is 1. The fourth-order valence-corrected chi connectivity index (χ4v) is 3.86. The summed E-state index contributed by atoms with van der Waals surface area (Å²) in [5, 5.41) is 0. The Kier molecular flexibility index (Phi) is 4.76. The zero-order chi connectivity index (χ0) is 17.3. The SMILES string of the molecule is CCS(=O)(=O)c1ccc(S(=O)(=O)Nc2cc(C)ccc2F)cc1. The van der Waals surface area contributed by atoms with Gasteiger partial charge in [-0.05, 0) is 48.9 Å². The maximum absolute atomic E-state index is 13.7. The average Bonchev–Trinajstić information content (AvgIpc) is 2.51. The molecule has 2 aromatic carbocycles. The van der Waals surface area contributed by atoms with E-state index in [0.29, 0.717) is 5.56 Å². The van der Waals surface area contributed by atoms with E-state index in [1.165, 1.54) is 49.4 Å². The first-order valence-corrected chi connectivity index (χ1v) is 9.91. The van der Waals surface area contributed by atoms with Crippen molar-refractivity contribution in [3.63, 3.8) is 0 Å². The van der Waals surface area contributed by atoms with Gasteiger partial charge in [0.25, 0.3) is 10.0 Å². The minimum Gasteiger partial charge on any atom is -0.277 e. The van der Waals surface area contributed by atoms with E-state index in [4.69, 9.17) is 0 Å². The zero-order valence-corrected chi connectivity index (χ0v) is 14.2. The molecule has 0 aliphatic heterocycles. The van der Waals surface area contributed by atoms with Crippen LogP contribution in [0.15, 0.2) is 52.3 Å². The molecule has 0 fully saturated rings. The number of aryl methyl sites for hydroxylation is 1. The highest BCUT2D eigenvalue weighted by molar-refractivity contribution is 7.92. The van der Waals surface area contributed by atoms with Crippen molar-refractivity contribution in [3.05, 3.63) is 53.8 Å². The van der Waals surface area contributed by atoms with Crippen molar-refractivity contribution in [2.75, 3.05) is 10.5 Å². The summed E-state index contributed by atoms with van der Waals surface area (Å²) in [6.45, 7) is 3.21. The maximum Gasteiger partial charge on any atom is 0.261 e. The maximum atomic E-state index is 13.7. The molecule has 0 bridgehead atoms. The molecule has 0 aromatic heterocycles. The van der Waals surface area contributed by atoms with Crippen LogP contribution in [-0.4, -0.2) is 22.6 Å². The Hall–Kier alpha value is -1.93. The molecule has 1 N–H and O–H groups in total. The van der Waals surface area contributed by atoms with Crippen molar-refractivity contribution >= 4 is 25.5 Å². The molecule has 0 radical (unpaired) electrons. The van der Waals surface area contributed by atoms with Gasteiger partial charge in [0, 0.05) is 0 Å². The van der Waals surface area contributed by atoms with Crippen LogP contribution in [0.2, 0.25) is 0 Å². The normalized spacial score (nSPS) is 12.1. The number of halogens is 1. The van der Waals surface area contributed by atoms with Gasteiger partial charge < -0.3 is 0 Å². The third kappa shape index (κ3) is 3.89. The molecule has 23 heavy (non-hydrogen) atoms. The lowest BCUT2D eigenvalue weighted by molar-refractivity contribution is 0.594. The van der Waals surface area contributed by atoms with Gasteiger partial charge in [0.15, 0.2) is 9.84 Å². The Morgan fingerprint density at radius 1 is 0.957 bits per heavy atom. The second-order valence-corrected chi connectivity index (χ2v) is 8.92. The number of hydrogen-bond acceptors (Lipinski definition) is 4. The molecule has 0 spiro atoms. The molecule has 0 atom stereocenters. The third-order valence-electron chi connectivity index (χ3n) is 3.24. The highest BCUT2D eigenvalue weighted by Gasteiger charge is 2.18. The lowest BCUT2D eigenvalue weighted by atomic mass is 10.2. The summed E-state index contributed by atoms with van der Waals surface area (Å²) in [4.78, 5) is -0.103. The molecule has 5 nitrogen and oxygen atoms in total. The molecule has 0 heterocycles. The van der Waals surface area contributed by atoms with E-state index in [1.54, 1.807) is 6.92 Å². The van der Waals surface area contributed by atoms with Crippen molar-refractivity contribution in [2.24, 2.45) is 0 Å². The minimum atomic E-state index is -4.01. The topological polar surface area (TPSA) is 80.3 Å². The van der Waals surface area contributed by atoms with Gasteiger partial charge in [-0.1, -0.05) is 13.0 Å². The van der Waals surface area contributed by atoms with Crippen molar-refractivity contribution in [3.8, 4) is 0 Å². The van der Waals surface area contributed by atoms with Crippen LogP contribution in [-0.2, 0) is 19.9 Å². The smallest absolute Gasteiger partial charge is 0.261 e. The lowest BCUT2D eigenvalue weighted by Crippen LogP contribution is -2.14. The second-order valence-electron chi connectivity index (χ2n) is 4.96. The van der Waals surface area contributed by atoms with Crippen LogP contribution in [0.25, 0.3) is 0 Å². The molecule has 2 rings (SSSR count). The van der Waals surface area contributed by atoms with Crippen LogP contribution in [0.3, 0.4) is 0 Å². The largest absolute Gasteiger partial charge is 0.277 e. The van der Waals surface area contributed by atoms with E-state index in [1.807, 2.05) is 0 Å². The van der Waals surface area contributed by atoms with E-state index in [9.17, 15) is 21.2 Å². The Morgan fingerprint density at radius 3 is 2.09 bits per heavy atom. The van der Waals surface area contributed by atoms with Gasteiger partial charge in [-0.15, -0.1) is 0 Å². The third-order valence-corrected chi connectivity index (χ3v) is 6.37. The average molecular weight is 357 g/mol. The molecule has 8 heteroatoms. The first-order valence-electron chi connectivity index (χ1n) is 6.77. The van der Waals surface area contributed by atoms with Crippen LogP contribution in [0.1, 0.15) is 12.5 Å². The zero-order valence-electron chi connectivity index (χ0n) is 12.6. The van der Waals surface area contributed by atoms with Crippen molar-refractivity contribution < 1.29 is 21.2 Å². The molecule has 2 aromatic rings. The quantitative estimate of drug-likeness (QED) is 0.892. The molecule has 0 unspecified atom stereocenters. The van der Waals surface area contributed by atoms with Gasteiger partial charge in [0.2, 0.25) is 0 Å². The summed E-state index contributed by atoms with van der Waals surface area (Å²) in [6.07, 6.45) is 0. The molecule has 0 saturated heterocycles. The highest BCUT2D eigenvalue weighted by Crippen LogP contribution is 2.21. The van der Waals surface area contributed by atoms with E-state index in [2.05, 4.69) is 4.72 Å². The minimum absolute atomic E-state index is 0.0423. The summed E-state index contributed by atoms with van der Waals surface area (Å²) in [5.41, 5.74) is 0.545. The number of nitrogens with one attached hydrogen (secondary N) is 1. The first kappa shape index (κ1) is 17.4. The van der Waals surface area contributed by atoms with E-state index in [0.717, 1.165) is 0 Å². The number of sulfonamides is 1. The van der Waals surface area contributed by atoms with E-state index in [-0.39, 0.29) is 21.2 Å². The molecule has 0 amide bonds. The molecule has 0 saturated carbocycles. The van der Waals surface area contributed by atoms with Crippen LogP contribution < -0.4 is 4.72 Å². The van der Waals surface area contributed by atoms with Crippen molar-refractivity contribution in [1.29, 1.82) is 0 Å². The van der Waals surface area contributed by atoms with Crippen LogP contribution in [0.5, 0.6) is 0 Å². The monoisotopic (exact) mass is 357 g/mol. The standard InChI is InChI=1S/C15H16FNO4S2/c1-3-22(18,19)12-5-7-13(8-6-12)23(20,21)17-15-10-11(2)4-9-14(15)16/h4-10,17H,3H2,1-2H3. The van der Waals surface area contributed by atoms with E-state index < -0.39 is 25.7 Å². The van der Waals surface area contributed by atoms with Crippen LogP contribution in [0.4, 0.5) is 10.1 Å². The van der Waals surface area contributed by atoms with Gasteiger partial charge in [-0.3, -0.25) is 4.72 Å². The molecular formula is C15H16FNO4S2. The van der Waals surface area contributed by atoms with Gasteiger partial charge in [0.05, 0.1) is 21.2 Å². The van der Waals surface area contributed by atoms with Crippen molar-refractivity contribution in [2.45, 2.75) is 23.6 Å². The predicted octanol–water partition coefficient (Wildman–Crippen LogP) is 2.73. The Balaban J connectivity index is 2.35. The summed E-state index contributed by atoms with van der Waals surface area (Å²) in [5.74, 6) is -0.768. The lowest BCUT2D eigenvalue weighted by Gasteiger charge is -2.10. The Bertz CT molecular complexity index is 920. The summed E-state index contributed by atoms with van der Waals surface area (Å²) < 4.78 is 63.8. The summed E-state index contributed by atoms with van der Waals surface area (Å²) >= 11 is 0. The number of anilines is 1. The van der Waals surface area contributed by atoms with Crippen LogP contribution in [0, 0.1) is 12.7 Å². The fourth-order valence-electron chi connectivity index (χ4n) is 1.91. The Labute approximate surface area is 135 Å². The van der Waals surface area contributed by atoms with Gasteiger partial charge in [-0.25, -0.2) is 21.2 Å². The van der Waals surface area contributed by atoms with Gasteiger partial charge >= 0.3 is 0 Å². The van der Waals surface area contributed by atoms with Crippen molar-refractivity contribution in [1.82, 2.24) is 0 Å².